The number of rotatable bonds is 6. The molecule has 0 saturated heterocycles. The van der Waals surface area contributed by atoms with E-state index in [2.05, 4.69) is 22.3 Å². The number of aliphatic carboxylic acids is 1. The first-order valence-corrected chi connectivity index (χ1v) is 7.54. The number of ether oxygens (including phenoxy) is 1. The molecule has 0 fully saturated rings. The Morgan fingerprint density at radius 1 is 1.43 bits per heavy atom. The zero-order chi connectivity index (χ0) is 16.2. The summed E-state index contributed by atoms with van der Waals surface area (Å²) in [5.74, 6) is 0.0992. The Balaban J connectivity index is 1.99. The van der Waals surface area contributed by atoms with Gasteiger partial charge in [-0.25, -0.2) is 9.48 Å². The lowest BCUT2D eigenvalue weighted by Crippen LogP contribution is -2.24. The van der Waals surface area contributed by atoms with Crippen LogP contribution in [0.2, 0.25) is 0 Å². The second-order valence-electron chi connectivity index (χ2n) is 5.22. The van der Waals surface area contributed by atoms with E-state index in [4.69, 9.17) is 4.74 Å². The number of nitrogens with one attached hydrogen (secondary N) is 1. The Morgan fingerprint density at radius 2 is 2.26 bits per heavy atom. The number of carbonyl (C=O) groups is 1. The van der Waals surface area contributed by atoms with Gasteiger partial charge in [-0.3, -0.25) is 0 Å². The molecular formula is C16H18N4O3. The maximum Gasteiger partial charge on any atom is 0.352 e. The fourth-order valence-electron chi connectivity index (χ4n) is 2.46. The minimum Gasteiger partial charge on any atom is -0.493 e. The molecule has 1 aromatic carbocycles. The van der Waals surface area contributed by atoms with Crippen molar-refractivity contribution in [2.45, 2.75) is 25.8 Å². The lowest BCUT2D eigenvalue weighted by atomic mass is 10.0. The van der Waals surface area contributed by atoms with Gasteiger partial charge in [-0.1, -0.05) is 31.5 Å². The quantitative estimate of drug-likeness (QED) is 0.796. The van der Waals surface area contributed by atoms with Gasteiger partial charge in [-0.2, -0.15) is 10.1 Å². The van der Waals surface area contributed by atoms with Crippen molar-refractivity contribution >= 4 is 11.9 Å². The molecule has 0 amide bonds. The van der Waals surface area contributed by atoms with Crippen molar-refractivity contribution in [2.24, 2.45) is 0 Å². The van der Waals surface area contributed by atoms with Gasteiger partial charge >= 0.3 is 5.97 Å². The number of allylic oxidation sites excluding steroid dienone is 1. The van der Waals surface area contributed by atoms with Gasteiger partial charge in [0.2, 0.25) is 5.95 Å². The van der Waals surface area contributed by atoms with Crippen LogP contribution in [0.5, 0.6) is 5.75 Å². The van der Waals surface area contributed by atoms with Crippen molar-refractivity contribution in [3.63, 3.8) is 0 Å². The molecule has 1 unspecified atom stereocenters. The monoisotopic (exact) mass is 314 g/mol. The normalized spacial score (nSPS) is 16.2. The summed E-state index contributed by atoms with van der Waals surface area (Å²) in [5, 5.41) is 16.2. The van der Waals surface area contributed by atoms with Crippen LogP contribution >= 0.6 is 0 Å². The van der Waals surface area contributed by atoms with E-state index < -0.39 is 5.97 Å². The van der Waals surface area contributed by atoms with Gasteiger partial charge in [-0.15, -0.1) is 0 Å². The van der Waals surface area contributed by atoms with Gasteiger partial charge in [-0.05, 0) is 18.6 Å². The highest BCUT2D eigenvalue weighted by Gasteiger charge is 2.27. The van der Waals surface area contributed by atoms with Crippen molar-refractivity contribution in [3.05, 3.63) is 47.9 Å². The Labute approximate surface area is 133 Å². The smallest absolute Gasteiger partial charge is 0.352 e. The van der Waals surface area contributed by atoms with Gasteiger partial charge in [0.1, 0.15) is 23.8 Å². The fraction of sp³-hybridized carbons (Fsp3) is 0.312. The number of para-hydroxylation sites is 1. The van der Waals surface area contributed by atoms with Crippen molar-refractivity contribution in [1.82, 2.24) is 14.8 Å². The molecule has 23 heavy (non-hydrogen) atoms. The van der Waals surface area contributed by atoms with Crippen molar-refractivity contribution in [3.8, 4) is 5.75 Å². The molecule has 0 aliphatic carbocycles. The third kappa shape index (κ3) is 3.03. The van der Waals surface area contributed by atoms with E-state index in [9.17, 15) is 9.90 Å². The van der Waals surface area contributed by atoms with E-state index in [1.165, 1.54) is 6.33 Å². The number of nitrogens with zero attached hydrogens (tertiary/aromatic N) is 3. The number of unbranched alkanes of at least 4 members (excludes halogenated alkanes) is 1. The van der Waals surface area contributed by atoms with E-state index in [-0.39, 0.29) is 11.7 Å². The molecule has 0 radical (unpaired) electrons. The van der Waals surface area contributed by atoms with Crippen LogP contribution in [0.1, 0.15) is 31.4 Å². The largest absolute Gasteiger partial charge is 0.493 e. The summed E-state index contributed by atoms with van der Waals surface area (Å²) in [7, 11) is 0. The number of hydrogen-bond acceptors (Lipinski definition) is 5. The number of fused-ring (bicyclic) bond motifs is 1. The molecule has 7 heteroatoms. The molecule has 2 aromatic rings. The number of carboxylic acid groups (broad SMARTS) is 1. The second kappa shape index (κ2) is 6.51. The molecule has 3 rings (SSSR count). The lowest BCUT2D eigenvalue weighted by Gasteiger charge is -2.24. The van der Waals surface area contributed by atoms with Crippen molar-refractivity contribution in [2.75, 3.05) is 11.9 Å². The van der Waals surface area contributed by atoms with Crippen LogP contribution in [0.25, 0.3) is 0 Å². The molecular weight excluding hydrogens is 296 g/mol. The van der Waals surface area contributed by atoms with Crippen LogP contribution in [0, 0.1) is 0 Å². The Morgan fingerprint density at radius 3 is 3.04 bits per heavy atom. The molecule has 1 atom stereocenters. The van der Waals surface area contributed by atoms with Crippen molar-refractivity contribution in [1.29, 1.82) is 0 Å². The maximum atomic E-state index is 11.3. The molecule has 120 valence electrons. The number of benzene rings is 1. The van der Waals surface area contributed by atoms with E-state index in [1.54, 1.807) is 10.8 Å². The number of anilines is 1. The van der Waals surface area contributed by atoms with Crippen LogP contribution in [-0.4, -0.2) is 32.4 Å². The Hall–Kier alpha value is -2.83. The van der Waals surface area contributed by atoms with E-state index in [0.29, 0.717) is 12.6 Å². The topological polar surface area (TPSA) is 89.3 Å². The summed E-state index contributed by atoms with van der Waals surface area (Å²) >= 11 is 0. The summed E-state index contributed by atoms with van der Waals surface area (Å²) in [4.78, 5) is 15.4. The minimum absolute atomic E-state index is 0.0823. The Kier molecular flexibility index (Phi) is 4.27. The summed E-state index contributed by atoms with van der Waals surface area (Å²) < 4.78 is 7.51. The molecule has 7 nitrogen and oxygen atoms in total. The summed E-state index contributed by atoms with van der Waals surface area (Å²) in [5.41, 5.74) is 0.939. The van der Waals surface area contributed by atoms with Gasteiger partial charge in [0.05, 0.1) is 6.61 Å². The third-order valence-electron chi connectivity index (χ3n) is 3.63. The number of aromatic nitrogens is 3. The highest BCUT2D eigenvalue weighted by atomic mass is 16.5. The van der Waals surface area contributed by atoms with Crippen LogP contribution in [-0.2, 0) is 4.79 Å². The number of hydrogen-bond donors (Lipinski definition) is 2. The molecule has 1 aliphatic rings. The molecule has 0 bridgehead atoms. The molecule has 2 heterocycles. The standard InChI is InChI=1S/C16H18N4O3/c1-2-3-8-23-14-7-5-4-6-11(14)13-9-12(15(21)22)19-16-17-10-18-20(13)16/h4-7,9-10,13H,2-3,8H2,1H3,(H,21,22)(H,17,18,19). The summed E-state index contributed by atoms with van der Waals surface area (Å²) in [6, 6.07) is 7.22. The van der Waals surface area contributed by atoms with Crippen LogP contribution in [0.3, 0.4) is 0 Å². The zero-order valence-corrected chi connectivity index (χ0v) is 12.8. The lowest BCUT2D eigenvalue weighted by molar-refractivity contribution is -0.132. The molecule has 0 spiro atoms. The summed E-state index contributed by atoms with van der Waals surface area (Å²) in [6.07, 6.45) is 5.03. The van der Waals surface area contributed by atoms with E-state index in [1.807, 2.05) is 24.3 Å². The SMILES string of the molecule is CCCCOc1ccccc1C1C=C(C(=O)O)Nc2ncnn21. The minimum atomic E-state index is -1.03. The van der Waals surface area contributed by atoms with Crippen molar-refractivity contribution < 1.29 is 14.6 Å². The van der Waals surface area contributed by atoms with E-state index in [0.717, 1.165) is 24.2 Å². The maximum absolute atomic E-state index is 11.3. The predicted octanol–water partition coefficient (Wildman–Crippen LogP) is 2.44. The van der Waals surface area contributed by atoms with E-state index >= 15 is 0 Å². The van der Waals surface area contributed by atoms with Crippen LogP contribution in [0.15, 0.2) is 42.4 Å². The predicted molar refractivity (Wildman–Crippen MR) is 84.3 cm³/mol. The first-order chi connectivity index (χ1) is 11.2. The fourth-order valence-corrected chi connectivity index (χ4v) is 2.46. The third-order valence-corrected chi connectivity index (χ3v) is 3.63. The number of carboxylic acids is 1. The first-order valence-electron chi connectivity index (χ1n) is 7.54. The zero-order valence-electron chi connectivity index (χ0n) is 12.8. The molecule has 2 N–H and O–H groups in total. The Bertz CT molecular complexity index is 738. The van der Waals surface area contributed by atoms with Crippen LogP contribution in [0.4, 0.5) is 5.95 Å². The first kappa shape index (κ1) is 15.1. The second-order valence-corrected chi connectivity index (χ2v) is 5.22. The van der Waals surface area contributed by atoms with Gasteiger partial charge in [0.15, 0.2) is 0 Å². The highest BCUT2D eigenvalue weighted by Crippen LogP contribution is 2.33. The summed E-state index contributed by atoms with van der Waals surface area (Å²) in [6.45, 7) is 2.73. The average molecular weight is 314 g/mol. The average Bonchev–Trinajstić information content (AvgIpc) is 3.03. The molecule has 1 aromatic heterocycles. The van der Waals surface area contributed by atoms with Crippen LogP contribution < -0.4 is 10.1 Å². The van der Waals surface area contributed by atoms with Gasteiger partial charge in [0, 0.05) is 5.56 Å². The highest BCUT2D eigenvalue weighted by molar-refractivity contribution is 5.90. The molecule has 1 aliphatic heterocycles. The molecule has 0 saturated carbocycles. The van der Waals surface area contributed by atoms with Gasteiger partial charge < -0.3 is 15.2 Å². The van der Waals surface area contributed by atoms with Gasteiger partial charge in [0.25, 0.3) is 0 Å².